The molecule has 0 aromatic carbocycles. The number of nitrogens with one attached hydrogen (secondary N) is 1. The van der Waals surface area contributed by atoms with Crippen molar-refractivity contribution in [3.8, 4) is 0 Å². The van der Waals surface area contributed by atoms with Crippen LogP contribution in [0.15, 0.2) is 5.38 Å². The van der Waals surface area contributed by atoms with Crippen LogP contribution in [0, 0.1) is 0 Å². The lowest BCUT2D eigenvalue weighted by Gasteiger charge is -2.27. The van der Waals surface area contributed by atoms with E-state index in [4.69, 9.17) is 5.11 Å². The van der Waals surface area contributed by atoms with Crippen molar-refractivity contribution in [3.05, 3.63) is 16.1 Å². The molecule has 2 amide bonds. The van der Waals surface area contributed by atoms with Gasteiger partial charge in [-0.05, 0) is 20.3 Å². The summed E-state index contributed by atoms with van der Waals surface area (Å²) in [5.74, 6) is -1.05. The summed E-state index contributed by atoms with van der Waals surface area (Å²) in [4.78, 5) is 28.3. The van der Waals surface area contributed by atoms with Crippen molar-refractivity contribution in [2.24, 2.45) is 0 Å². The molecular formula is C12H19N3O3S. The fourth-order valence-corrected chi connectivity index (χ4v) is 2.33. The summed E-state index contributed by atoms with van der Waals surface area (Å²) in [6.07, 6.45) is 0.891. The van der Waals surface area contributed by atoms with E-state index < -0.39 is 5.97 Å². The van der Waals surface area contributed by atoms with Crippen molar-refractivity contribution >= 4 is 23.3 Å². The molecule has 0 radical (unpaired) electrons. The first kappa shape index (κ1) is 15.4. The van der Waals surface area contributed by atoms with E-state index in [-0.39, 0.29) is 24.3 Å². The number of rotatable bonds is 6. The van der Waals surface area contributed by atoms with Gasteiger partial charge in [-0.2, -0.15) is 0 Å². The zero-order valence-electron chi connectivity index (χ0n) is 11.3. The molecule has 1 atom stereocenters. The number of amides is 2. The molecule has 2 N–H and O–H groups in total. The number of carbonyl (C=O) groups is 2. The number of urea groups is 1. The lowest BCUT2D eigenvalue weighted by molar-refractivity contribution is 0.0691. The Labute approximate surface area is 116 Å². The van der Waals surface area contributed by atoms with Crippen molar-refractivity contribution in [1.29, 1.82) is 0 Å². The molecule has 1 heterocycles. The third-order valence-electron chi connectivity index (χ3n) is 2.89. The number of carboxylic acids is 1. The van der Waals surface area contributed by atoms with E-state index in [2.05, 4.69) is 10.3 Å². The van der Waals surface area contributed by atoms with Gasteiger partial charge in [0, 0.05) is 18.0 Å². The second-order valence-electron chi connectivity index (χ2n) is 4.13. The third-order valence-corrected chi connectivity index (χ3v) is 3.73. The highest BCUT2D eigenvalue weighted by molar-refractivity contribution is 7.09. The Morgan fingerprint density at radius 1 is 1.53 bits per heavy atom. The van der Waals surface area contributed by atoms with Crippen LogP contribution in [0.5, 0.6) is 0 Å². The average molecular weight is 285 g/mol. The maximum atomic E-state index is 12.0. The van der Waals surface area contributed by atoms with Gasteiger partial charge in [-0.25, -0.2) is 14.6 Å². The Balaban J connectivity index is 2.55. The van der Waals surface area contributed by atoms with Crippen LogP contribution < -0.4 is 5.32 Å². The molecule has 106 valence electrons. The van der Waals surface area contributed by atoms with Gasteiger partial charge in [0.2, 0.25) is 0 Å². The topological polar surface area (TPSA) is 82.5 Å². The van der Waals surface area contributed by atoms with Crippen LogP contribution in [-0.4, -0.2) is 39.6 Å². The summed E-state index contributed by atoms with van der Waals surface area (Å²) < 4.78 is 0. The molecule has 0 saturated heterocycles. The minimum absolute atomic E-state index is 0.0172. The first-order valence-electron chi connectivity index (χ1n) is 6.21. The van der Waals surface area contributed by atoms with Crippen molar-refractivity contribution in [1.82, 2.24) is 15.2 Å². The first-order chi connectivity index (χ1) is 8.99. The highest BCUT2D eigenvalue weighted by Crippen LogP contribution is 2.10. The molecule has 0 saturated carbocycles. The molecule has 1 unspecified atom stereocenters. The summed E-state index contributed by atoms with van der Waals surface area (Å²) in [5.41, 5.74) is 0.0172. The van der Waals surface area contributed by atoms with Gasteiger partial charge in [-0.1, -0.05) is 6.92 Å². The highest BCUT2D eigenvalue weighted by atomic mass is 32.1. The summed E-state index contributed by atoms with van der Waals surface area (Å²) in [6.45, 7) is 6.84. The van der Waals surface area contributed by atoms with Gasteiger partial charge >= 0.3 is 12.0 Å². The molecule has 0 aliphatic rings. The highest BCUT2D eigenvalue weighted by Gasteiger charge is 2.17. The van der Waals surface area contributed by atoms with E-state index in [1.807, 2.05) is 20.8 Å². The normalized spacial score (nSPS) is 11.9. The lowest BCUT2D eigenvalue weighted by Crippen LogP contribution is -2.44. The molecule has 1 aromatic rings. The van der Waals surface area contributed by atoms with Crippen LogP contribution in [0.4, 0.5) is 4.79 Å². The van der Waals surface area contributed by atoms with E-state index in [9.17, 15) is 9.59 Å². The van der Waals surface area contributed by atoms with E-state index in [1.165, 1.54) is 16.7 Å². The molecule has 1 rings (SSSR count). The molecule has 1 aromatic heterocycles. The lowest BCUT2D eigenvalue weighted by atomic mass is 10.2. The molecular weight excluding hydrogens is 266 g/mol. The van der Waals surface area contributed by atoms with Crippen LogP contribution in [0.3, 0.4) is 0 Å². The summed E-state index contributed by atoms with van der Waals surface area (Å²) in [6, 6.07) is 0.0276. The van der Waals surface area contributed by atoms with Crippen LogP contribution in [0.25, 0.3) is 0 Å². The second kappa shape index (κ2) is 7.08. The SMILES string of the molecule is CCC(C)N(CC)C(=O)NCc1nc(C(=O)O)cs1. The Bertz CT molecular complexity index is 447. The number of hydrogen-bond donors (Lipinski definition) is 2. The van der Waals surface area contributed by atoms with Gasteiger partial charge in [0.05, 0.1) is 6.54 Å². The predicted octanol–water partition coefficient (Wildman–Crippen LogP) is 2.17. The summed E-state index contributed by atoms with van der Waals surface area (Å²) in [5, 5.41) is 13.6. The van der Waals surface area contributed by atoms with Crippen LogP contribution >= 0.6 is 11.3 Å². The van der Waals surface area contributed by atoms with Gasteiger partial charge in [0.1, 0.15) is 5.01 Å². The predicted molar refractivity (Wildman–Crippen MR) is 73.4 cm³/mol. The largest absolute Gasteiger partial charge is 0.476 e. The van der Waals surface area contributed by atoms with Crippen molar-refractivity contribution < 1.29 is 14.7 Å². The number of hydrogen-bond acceptors (Lipinski definition) is 4. The average Bonchev–Trinajstić information content (AvgIpc) is 2.85. The van der Waals surface area contributed by atoms with Gasteiger partial charge in [-0.15, -0.1) is 11.3 Å². The molecule has 0 bridgehead atoms. The van der Waals surface area contributed by atoms with E-state index in [0.29, 0.717) is 11.6 Å². The van der Waals surface area contributed by atoms with E-state index in [0.717, 1.165) is 6.42 Å². The summed E-state index contributed by atoms with van der Waals surface area (Å²) >= 11 is 1.23. The van der Waals surface area contributed by atoms with Crippen molar-refractivity contribution in [2.75, 3.05) is 6.54 Å². The molecule has 6 nitrogen and oxygen atoms in total. The second-order valence-corrected chi connectivity index (χ2v) is 5.08. The quantitative estimate of drug-likeness (QED) is 0.839. The zero-order chi connectivity index (χ0) is 14.4. The summed E-state index contributed by atoms with van der Waals surface area (Å²) in [7, 11) is 0. The number of thiazole rings is 1. The monoisotopic (exact) mass is 285 g/mol. The first-order valence-corrected chi connectivity index (χ1v) is 7.09. The van der Waals surface area contributed by atoms with E-state index >= 15 is 0 Å². The van der Waals surface area contributed by atoms with Crippen LogP contribution in [0.1, 0.15) is 42.7 Å². The zero-order valence-corrected chi connectivity index (χ0v) is 12.2. The number of carbonyl (C=O) groups excluding carboxylic acids is 1. The minimum atomic E-state index is -1.05. The van der Waals surface area contributed by atoms with Gasteiger partial charge in [-0.3, -0.25) is 0 Å². The number of carboxylic acid groups (broad SMARTS) is 1. The maximum Gasteiger partial charge on any atom is 0.355 e. The fourth-order valence-electron chi connectivity index (χ4n) is 1.62. The molecule has 0 fully saturated rings. The number of nitrogens with zero attached hydrogens (tertiary/aromatic N) is 2. The maximum absolute atomic E-state index is 12.0. The van der Waals surface area contributed by atoms with Crippen LogP contribution in [-0.2, 0) is 6.54 Å². The number of aromatic carboxylic acids is 1. The van der Waals surface area contributed by atoms with Gasteiger partial charge in [0.15, 0.2) is 5.69 Å². The molecule has 0 aliphatic carbocycles. The Hall–Kier alpha value is -1.63. The molecule has 19 heavy (non-hydrogen) atoms. The standard InChI is InChI=1S/C12H19N3O3S/c1-4-8(3)15(5-2)12(18)13-6-10-14-9(7-19-10)11(16)17/h7-8H,4-6H2,1-3H3,(H,13,18)(H,16,17). The van der Waals surface area contributed by atoms with Crippen LogP contribution in [0.2, 0.25) is 0 Å². The molecule has 0 aliphatic heterocycles. The fraction of sp³-hybridized carbons (Fsp3) is 0.583. The smallest absolute Gasteiger partial charge is 0.355 e. The molecule has 0 spiro atoms. The Kier molecular flexibility index (Phi) is 5.75. The Morgan fingerprint density at radius 3 is 2.68 bits per heavy atom. The van der Waals surface area contributed by atoms with E-state index in [1.54, 1.807) is 4.90 Å². The van der Waals surface area contributed by atoms with Crippen molar-refractivity contribution in [2.45, 2.75) is 39.8 Å². The van der Waals surface area contributed by atoms with Gasteiger partial charge < -0.3 is 15.3 Å². The molecule has 7 heteroatoms. The third kappa shape index (κ3) is 4.20. The Morgan fingerprint density at radius 2 is 2.21 bits per heavy atom. The van der Waals surface area contributed by atoms with Crippen molar-refractivity contribution in [3.63, 3.8) is 0 Å². The minimum Gasteiger partial charge on any atom is -0.476 e. The van der Waals surface area contributed by atoms with Gasteiger partial charge in [0.25, 0.3) is 0 Å². The number of aromatic nitrogens is 1.